The van der Waals surface area contributed by atoms with Crippen molar-refractivity contribution in [3.8, 4) is 11.5 Å². The summed E-state index contributed by atoms with van der Waals surface area (Å²) in [5, 5.41) is 9.97. The Labute approximate surface area is 137 Å². The van der Waals surface area contributed by atoms with Gasteiger partial charge in [0.15, 0.2) is 0 Å². The number of aliphatic hydroxyl groups excluding tert-OH is 1. The SMILES string of the molecule is COc1cc(CC(=O)N2CCC3(CCC3O)CC2)cc(OC)c1. The molecule has 1 spiro atoms. The summed E-state index contributed by atoms with van der Waals surface area (Å²) < 4.78 is 10.5. The maximum absolute atomic E-state index is 12.5. The van der Waals surface area contributed by atoms with E-state index in [-0.39, 0.29) is 17.4 Å². The van der Waals surface area contributed by atoms with Crippen LogP contribution in [0.4, 0.5) is 0 Å². The zero-order valence-corrected chi connectivity index (χ0v) is 13.9. The third-order valence-electron chi connectivity index (χ3n) is 5.50. The number of rotatable bonds is 4. The minimum Gasteiger partial charge on any atom is -0.497 e. The molecule has 2 aliphatic rings. The molecule has 1 aromatic carbocycles. The molecule has 2 fully saturated rings. The summed E-state index contributed by atoms with van der Waals surface area (Å²) in [6.07, 6.45) is 4.04. The third-order valence-corrected chi connectivity index (χ3v) is 5.50. The summed E-state index contributed by atoms with van der Waals surface area (Å²) >= 11 is 0. The van der Waals surface area contributed by atoms with Crippen LogP contribution >= 0.6 is 0 Å². The van der Waals surface area contributed by atoms with Crippen molar-refractivity contribution in [3.05, 3.63) is 23.8 Å². The smallest absolute Gasteiger partial charge is 0.226 e. The van der Waals surface area contributed by atoms with E-state index in [1.807, 2.05) is 17.0 Å². The molecule has 5 nitrogen and oxygen atoms in total. The average Bonchev–Trinajstić information content (AvgIpc) is 2.59. The third kappa shape index (κ3) is 3.15. The number of nitrogens with zero attached hydrogens (tertiary/aromatic N) is 1. The van der Waals surface area contributed by atoms with E-state index < -0.39 is 0 Å². The summed E-state index contributed by atoms with van der Waals surface area (Å²) in [5.74, 6) is 1.52. The van der Waals surface area contributed by atoms with Gasteiger partial charge in [-0.15, -0.1) is 0 Å². The molecule has 0 radical (unpaired) electrons. The second kappa shape index (κ2) is 6.40. The molecule has 126 valence electrons. The number of piperidine rings is 1. The molecule has 1 saturated carbocycles. The molecule has 0 aromatic heterocycles. The van der Waals surface area contributed by atoms with Gasteiger partial charge >= 0.3 is 0 Å². The summed E-state index contributed by atoms with van der Waals surface area (Å²) in [5.41, 5.74) is 0.992. The van der Waals surface area contributed by atoms with E-state index in [1.165, 1.54) is 0 Å². The Balaban J connectivity index is 1.61. The van der Waals surface area contributed by atoms with E-state index in [0.29, 0.717) is 17.9 Å². The van der Waals surface area contributed by atoms with Crippen LogP contribution in [0, 0.1) is 5.41 Å². The van der Waals surface area contributed by atoms with Gasteiger partial charge in [-0.25, -0.2) is 0 Å². The zero-order chi connectivity index (χ0) is 16.4. The maximum atomic E-state index is 12.5. The van der Waals surface area contributed by atoms with Gasteiger partial charge in [0, 0.05) is 19.2 Å². The van der Waals surface area contributed by atoms with Gasteiger partial charge in [-0.3, -0.25) is 4.79 Å². The van der Waals surface area contributed by atoms with Crippen LogP contribution in [0.5, 0.6) is 11.5 Å². The van der Waals surface area contributed by atoms with Gasteiger partial charge < -0.3 is 19.5 Å². The molecular weight excluding hydrogens is 294 g/mol. The monoisotopic (exact) mass is 319 g/mol. The molecule has 1 amide bonds. The molecule has 1 aliphatic carbocycles. The van der Waals surface area contributed by atoms with E-state index >= 15 is 0 Å². The van der Waals surface area contributed by atoms with Gasteiger partial charge in [-0.2, -0.15) is 0 Å². The highest BCUT2D eigenvalue weighted by atomic mass is 16.5. The van der Waals surface area contributed by atoms with Crippen LogP contribution in [-0.4, -0.2) is 49.3 Å². The highest BCUT2D eigenvalue weighted by Gasteiger charge is 2.47. The Morgan fingerprint density at radius 1 is 1.17 bits per heavy atom. The summed E-state index contributed by atoms with van der Waals surface area (Å²) in [6, 6.07) is 5.56. The molecule has 1 unspecified atom stereocenters. The predicted molar refractivity (Wildman–Crippen MR) is 86.7 cm³/mol. The topological polar surface area (TPSA) is 59.0 Å². The van der Waals surface area contributed by atoms with Crippen LogP contribution in [0.15, 0.2) is 18.2 Å². The maximum Gasteiger partial charge on any atom is 0.226 e. The molecule has 23 heavy (non-hydrogen) atoms. The Hall–Kier alpha value is -1.75. The molecule has 1 atom stereocenters. The summed E-state index contributed by atoms with van der Waals surface area (Å²) in [6.45, 7) is 1.49. The number of benzene rings is 1. The minimum absolute atomic E-state index is 0.0932. The van der Waals surface area contributed by atoms with Crippen molar-refractivity contribution in [1.82, 2.24) is 4.90 Å². The quantitative estimate of drug-likeness (QED) is 0.922. The lowest BCUT2D eigenvalue weighted by Gasteiger charge is -2.51. The number of hydrogen-bond donors (Lipinski definition) is 1. The van der Waals surface area contributed by atoms with Gasteiger partial charge in [0.2, 0.25) is 5.91 Å². The predicted octanol–water partition coefficient (Wildman–Crippen LogP) is 2.01. The molecule has 1 N–H and O–H groups in total. The van der Waals surface area contributed by atoms with Gasteiger partial charge in [0.1, 0.15) is 11.5 Å². The number of ether oxygens (including phenoxy) is 2. The van der Waals surface area contributed by atoms with Crippen molar-refractivity contribution in [1.29, 1.82) is 0 Å². The first-order valence-corrected chi connectivity index (χ1v) is 8.24. The molecule has 0 bridgehead atoms. The normalized spacial score (nSPS) is 22.6. The fraction of sp³-hybridized carbons (Fsp3) is 0.611. The lowest BCUT2D eigenvalue weighted by atomic mass is 9.61. The van der Waals surface area contributed by atoms with Gasteiger partial charge in [-0.1, -0.05) is 0 Å². The van der Waals surface area contributed by atoms with E-state index in [1.54, 1.807) is 20.3 Å². The van der Waals surface area contributed by atoms with Crippen molar-refractivity contribution < 1.29 is 19.4 Å². The molecule has 1 saturated heterocycles. The van der Waals surface area contributed by atoms with Crippen LogP contribution in [0.25, 0.3) is 0 Å². The van der Waals surface area contributed by atoms with Crippen LogP contribution < -0.4 is 9.47 Å². The number of carbonyl (C=O) groups is 1. The van der Waals surface area contributed by atoms with Gasteiger partial charge in [-0.05, 0) is 48.8 Å². The van der Waals surface area contributed by atoms with Gasteiger partial charge in [0.25, 0.3) is 0 Å². The average molecular weight is 319 g/mol. The highest BCUT2D eigenvalue weighted by molar-refractivity contribution is 5.79. The molecule has 1 aliphatic heterocycles. The Bertz CT molecular complexity index is 556. The molecule has 1 aromatic rings. The fourth-order valence-electron chi connectivity index (χ4n) is 3.72. The van der Waals surface area contributed by atoms with Crippen molar-refractivity contribution in [2.24, 2.45) is 5.41 Å². The number of likely N-dealkylation sites (tertiary alicyclic amines) is 1. The largest absolute Gasteiger partial charge is 0.497 e. The van der Waals surface area contributed by atoms with E-state index in [4.69, 9.17) is 9.47 Å². The Morgan fingerprint density at radius 2 is 1.78 bits per heavy atom. The first-order chi connectivity index (χ1) is 11.1. The van der Waals surface area contributed by atoms with Crippen LogP contribution in [0.3, 0.4) is 0 Å². The van der Waals surface area contributed by atoms with Crippen molar-refractivity contribution in [2.45, 2.75) is 38.2 Å². The van der Waals surface area contributed by atoms with Crippen LogP contribution in [0.2, 0.25) is 0 Å². The van der Waals surface area contributed by atoms with Gasteiger partial charge in [0.05, 0.1) is 26.7 Å². The number of methoxy groups -OCH3 is 2. The molecule has 5 heteroatoms. The van der Waals surface area contributed by atoms with Crippen LogP contribution in [-0.2, 0) is 11.2 Å². The number of amides is 1. The number of aliphatic hydroxyl groups is 1. The second-order valence-corrected chi connectivity index (χ2v) is 6.70. The van der Waals surface area contributed by atoms with Crippen molar-refractivity contribution >= 4 is 5.91 Å². The highest BCUT2D eigenvalue weighted by Crippen LogP contribution is 2.49. The second-order valence-electron chi connectivity index (χ2n) is 6.70. The zero-order valence-electron chi connectivity index (χ0n) is 13.9. The molecule has 1 heterocycles. The number of hydrogen-bond acceptors (Lipinski definition) is 4. The van der Waals surface area contributed by atoms with Crippen molar-refractivity contribution in [2.75, 3.05) is 27.3 Å². The summed E-state index contributed by atoms with van der Waals surface area (Å²) in [4.78, 5) is 14.5. The fourth-order valence-corrected chi connectivity index (χ4v) is 3.72. The lowest BCUT2D eigenvalue weighted by Crippen LogP contribution is -2.53. The first kappa shape index (κ1) is 16.1. The number of carbonyl (C=O) groups excluding carboxylic acids is 1. The standard InChI is InChI=1S/C18H25NO4/c1-22-14-9-13(10-15(12-14)23-2)11-17(21)19-7-5-18(6-8-19)4-3-16(18)20/h9-10,12,16,20H,3-8,11H2,1-2H3. The summed E-state index contributed by atoms with van der Waals surface area (Å²) in [7, 11) is 3.21. The van der Waals surface area contributed by atoms with E-state index in [2.05, 4.69) is 0 Å². The Morgan fingerprint density at radius 3 is 2.22 bits per heavy atom. The molecular formula is C18H25NO4. The molecule has 3 rings (SSSR count). The van der Waals surface area contributed by atoms with E-state index in [0.717, 1.165) is 44.3 Å². The first-order valence-electron chi connectivity index (χ1n) is 8.24. The lowest BCUT2D eigenvalue weighted by molar-refractivity contribution is -0.140. The van der Waals surface area contributed by atoms with E-state index in [9.17, 15) is 9.90 Å². The van der Waals surface area contributed by atoms with Crippen molar-refractivity contribution in [3.63, 3.8) is 0 Å². The Kier molecular flexibility index (Phi) is 4.48. The van der Waals surface area contributed by atoms with Crippen LogP contribution in [0.1, 0.15) is 31.2 Å². The minimum atomic E-state index is -0.164.